The number of nitrogens with one attached hydrogen (secondary N) is 1. The van der Waals surface area contributed by atoms with Gasteiger partial charge in [0.1, 0.15) is 5.75 Å². The zero-order chi connectivity index (χ0) is 9.26. The van der Waals surface area contributed by atoms with Gasteiger partial charge in [0.05, 0.1) is 5.02 Å². The summed E-state index contributed by atoms with van der Waals surface area (Å²) >= 11 is 5.77. The lowest BCUT2D eigenvalue weighted by atomic mass is 10.2. The van der Waals surface area contributed by atoms with E-state index in [1.165, 1.54) is 12.8 Å². The molecule has 0 radical (unpaired) electrons. The molecule has 1 aromatic carbocycles. The Kier molecular flexibility index (Phi) is 2.42. The summed E-state index contributed by atoms with van der Waals surface area (Å²) in [6, 6.07) is 6.08. The van der Waals surface area contributed by atoms with Gasteiger partial charge in [-0.25, -0.2) is 0 Å². The van der Waals surface area contributed by atoms with Gasteiger partial charge in [-0.1, -0.05) is 23.7 Å². The third-order valence-corrected chi connectivity index (χ3v) is 2.53. The topological polar surface area (TPSA) is 32.3 Å². The zero-order valence-corrected chi connectivity index (χ0v) is 8.01. The van der Waals surface area contributed by atoms with Crippen molar-refractivity contribution in [3.63, 3.8) is 0 Å². The van der Waals surface area contributed by atoms with E-state index in [-0.39, 0.29) is 5.75 Å². The van der Waals surface area contributed by atoms with Crippen molar-refractivity contribution in [2.45, 2.75) is 25.4 Å². The molecule has 1 aliphatic carbocycles. The van der Waals surface area contributed by atoms with E-state index in [2.05, 4.69) is 5.32 Å². The molecular weight excluding hydrogens is 186 g/mol. The fraction of sp³-hybridized carbons (Fsp3) is 0.400. The van der Waals surface area contributed by atoms with Crippen molar-refractivity contribution < 1.29 is 5.11 Å². The second-order valence-corrected chi connectivity index (χ2v) is 3.81. The number of rotatable bonds is 3. The standard InChI is InChI=1S/C10H12ClNO/c11-9-3-1-2-7(10(9)13)6-12-8-4-5-8/h1-3,8,12-13H,4-6H2. The number of hydrogen-bond acceptors (Lipinski definition) is 2. The number of phenolic OH excluding ortho intramolecular Hbond substituents is 1. The second kappa shape index (κ2) is 3.56. The molecule has 2 N–H and O–H groups in total. The highest BCUT2D eigenvalue weighted by molar-refractivity contribution is 6.32. The number of benzene rings is 1. The first-order valence-corrected chi connectivity index (χ1v) is 4.85. The summed E-state index contributed by atoms with van der Waals surface area (Å²) in [6.07, 6.45) is 2.50. The number of hydrogen-bond donors (Lipinski definition) is 2. The van der Waals surface area contributed by atoms with E-state index in [0.717, 1.165) is 5.56 Å². The molecule has 0 heterocycles. The van der Waals surface area contributed by atoms with Crippen molar-refractivity contribution >= 4 is 11.6 Å². The average molecular weight is 198 g/mol. The smallest absolute Gasteiger partial charge is 0.138 e. The van der Waals surface area contributed by atoms with Crippen LogP contribution in [0, 0.1) is 0 Å². The van der Waals surface area contributed by atoms with E-state index in [4.69, 9.17) is 11.6 Å². The number of phenols is 1. The Morgan fingerprint density at radius 2 is 2.23 bits per heavy atom. The maximum atomic E-state index is 9.56. The molecule has 70 valence electrons. The van der Waals surface area contributed by atoms with E-state index < -0.39 is 0 Å². The van der Waals surface area contributed by atoms with Gasteiger partial charge in [0, 0.05) is 18.2 Å². The molecule has 1 aromatic rings. The molecule has 1 saturated carbocycles. The van der Waals surface area contributed by atoms with E-state index in [1.54, 1.807) is 6.07 Å². The lowest BCUT2D eigenvalue weighted by Gasteiger charge is -2.06. The highest BCUT2D eigenvalue weighted by Gasteiger charge is 2.20. The van der Waals surface area contributed by atoms with Crippen LogP contribution in [-0.2, 0) is 6.54 Å². The van der Waals surface area contributed by atoms with Gasteiger partial charge in [-0.2, -0.15) is 0 Å². The van der Waals surface area contributed by atoms with Gasteiger partial charge in [-0.3, -0.25) is 0 Å². The molecule has 0 bridgehead atoms. The van der Waals surface area contributed by atoms with Crippen LogP contribution in [-0.4, -0.2) is 11.1 Å². The Morgan fingerprint density at radius 3 is 2.92 bits per heavy atom. The summed E-state index contributed by atoms with van der Waals surface area (Å²) in [5.41, 5.74) is 0.874. The molecule has 0 unspecified atom stereocenters. The average Bonchev–Trinajstić information content (AvgIpc) is 2.91. The van der Waals surface area contributed by atoms with Gasteiger partial charge in [-0.05, 0) is 18.9 Å². The molecule has 3 heteroatoms. The Balaban J connectivity index is 2.05. The van der Waals surface area contributed by atoms with Crippen LogP contribution in [0.25, 0.3) is 0 Å². The van der Waals surface area contributed by atoms with Crippen molar-refractivity contribution in [3.05, 3.63) is 28.8 Å². The monoisotopic (exact) mass is 197 g/mol. The van der Waals surface area contributed by atoms with E-state index >= 15 is 0 Å². The maximum absolute atomic E-state index is 9.56. The van der Waals surface area contributed by atoms with Crippen LogP contribution in [0.1, 0.15) is 18.4 Å². The molecule has 0 atom stereocenters. The second-order valence-electron chi connectivity index (χ2n) is 3.40. The van der Waals surface area contributed by atoms with Gasteiger partial charge in [0.25, 0.3) is 0 Å². The third kappa shape index (κ3) is 2.14. The normalized spacial score (nSPS) is 16.1. The summed E-state index contributed by atoms with van der Waals surface area (Å²) in [5.74, 6) is 0.206. The molecule has 0 saturated heterocycles. The minimum Gasteiger partial charge on any atom is -0.506 e. The van der Waals surface area contributed by atoms with Crippen LogP contribution < -0.4 is 5.32 Å². The Hall–Kier alpha value is -0.730. The van der Waals surface area contributed by atoms with Crippen LogP contribution in [0.15, 0.2) is 18.2 Å². The first-order chi connectivity index (χ1) is 6.27. The molecule has 0 spiro atoms. The van der Waals surface area contributed by atoms with Gasteiger partial charge in [-0.15, -0.1) is 0 Å². The lowest BCUT2D eigenvalue weighted by molar-refractivity contribution is 0.464. The Labute approximate surface area is 82.5 Å². The quantitative estimate of drug-likeness (QED) is 0.780. The summed E-state index contributed by atoms with van der Waals surface area (Å²) in [4.78, 5) is 0. The minimum absolute atomic E-state index is 0.206. The minimum atomic E-state index is 0.206. The van der Waals surface area contributed by atoms with Crippen molar-refractivity contribution in [2.75, 3.05) is 0 Å². The molecule has 13 heavy (non-hydrogen) atoms. The van der Waals surface area contributed by atoms with Crippen LogP contribution >= 0.6 is 11.6 Å². The summed E-state index contributed by atoms with van der Waals surface area (Å²) in [7, 11) is 0. The number of para-hydroxylation sites is 1. The summed E-state index contributed by atoms with van der Waals surface area (Å²) in [6.45, 7) is 0.705. The van der Waals surface area contributed by atoms with Gasteiger partial charge >= 0.3 is 0 Å². The van der Waals surface area contributed by atoms with Gasteiger partial charge in [0.15, 0.2) is 0 Å². The third-order valence-electron chi connectivity index (χ3n) is 2.23. The molecular formula is C10H12ClNO. The Bertz CT molecular complexity index is 310. The highest BCUT2D eigenvalue weighted by atomic mass is 35.5. The fourth-order valence-corrected chi connectivity index (χ4v) is 1.44. The zero-order valence-electron chi connectivity index (χ0n) is 7.26. The number of aromatic hydroxyl groups is 1. The summed E-state index contributed by atoms with van der Waals surface area (Å²) < 4.78 is 0. The molecule has 0 aliphatic heterocycles. The first-order valence-electron chi connectivity index (χ1n) is 4.47. The van der Waals surface area contributed by atoms with E-state index in [9.17, 15) is 5.11 Å². The molecule has 2 nitrogen and oxygen atoms in total. The molecule has 2 rings (SSSR count). The molecule has 1 fully saturated rings. The first kappa shape index (κ1) is 8.85. The largest absolute Gasteiger partial charge is 0.506 e. The molecule has 0 amide bonds. The Morgan fingerprint density at radius 1 is 1.46 bits per heavy atom. The number of halogens is 1. The van der Waals surface area contributed by atoms with Crippen LogP contribution in [0.5, 0.6) is 5.75 Å². The summed E-state index contributed by atoms with van der Waals surface area (Å²) in [5, 5.41) is 13.3. The van der Waals surface area contributed by atoms with Crippen LogP contribution in [0.2, 0.25) is 5.02 Å². The molecule has 1 aliphatic rings. The van der Waals surface area contributed by atoms with Crippen molar-refractivity contribution in [3.8, 4) is 5.75 Å². The predicted octanol–water partition coefficient (Wildman–Crippen LogP) is 2.30. The van der Waals surface area contributed by atoms with Crippen LogP contribution in [0.4, 0.5) is 0 Å². The maximum Gasteiger partial charge on any atom is 0.138 e. The van der Waals surface area contributed by atoms with E-state index in [0.29, 0.717) is 17.6 Å². The van der Waals surface area contributed by atoms with Gasteiger partial charge in [0.2, 0.25) is 0 Å². The highest BCUT2D eigenvalue weighted by Crippen LogP contribution is 2.27. The fourth-order valence-electron chi connectivity index (χ4n) is 1.24. The van der Waals surface area contributed by atoms with Crippen molar-refractivity contribution in [2.24, 2.45) is 0 Å². The van der Waals surface area contributed by atoms with Crippen molar-refractivity contribution in [1.82, 2.24) is 5.32 Å². The lowest BCUT2D eigenvalue weighted by Crippen LogP contribution is -2.15. The van der Waals surface area contributed by atoms with Crippen LogP contribution in [0.3, 0.4) is 0 Å². The van der Waals surface area contributed by atoms with E-state index in [1.807, 2.05) is 12.1 Å². The predicted molar refractivity (Wildman–Crippen MR) is 53.0 cm³/mol. The van der Waals surface area contributed by atoms with Gasteiger partial charge < -0.3 is 10.4 Å². The SMILES string of the molecule is Oc1c(Cl)cccc1CNC1CC1. The van der Waals surface area contributed by atoms with Crippen molar-refractivity contribution in [1.29, 1.82) is 0 Å². The molecule has 0 aromatic heterocycles.